The molecular formula is C21H17ClF2N2O3. The summed E-state index contributed by atoms with van der Waals surface area (Å²) in [6.45, 7) is 3.00. The van der Waals surface area contributed by atoms with E-state index in [9.17, 15) is 18.4 Å². The van der Waals surface area contributed by atoms with Gasteiger partial charge in [0.15, 0.2) is 17.4 Å². The molecule has 1 aliphatic rings. The molecule has 0 atom stereocenters. The molecule has 2 heterocycles. The van der Waals surface area contributed by atoms with Crippen LogP contribution in [0.1, 0.15) is 26.5 Å². The van der Waals surface area contributed by atoms with Crippen molar-refractivity contribution in [2.45, 2.75) is 6.92 Å². The summed E-state index contributed by atoms with van der Waals surface area (Å²) in [5, 5.41) is 1.35. The standard InChI is InChI=1S/C21H17ClF2N2O3/c1-12-15-11-14(22)3-5-18(15)29-19(12)21(28)26-8-6-25(7-9-26)20(27)13-2-4-16(23)17(24)10-13/h2-5,10-11H,6-9H2,1H3. The maximum atomic E-state index is 13.4. The highest BCUT2D eigenvalue weighted by Crippen LogP contribution is 2.29. The second-order valence-corrected chi connectivity index (χ2v) is 7.35. The molecule has 0 aliphatic carbocycles. The molecule has 0 unspecified atom stereocenters. The van der Waals surface area contributed by atoms with E-state index in [0.717, 1.165) is 17.5 Å². The Morgan fingerprint density at radius 3 is 2.24 bits per heavy atom. The number of piperazine rings is 1. The van der Waals surface area contributed by atoms with Crippen LogP contribution in [-0.4, -0.2) is 47.8 Å². The first-order chi connectivity index (χ1) is 13.8. The van der Waals surface area contributed by atoms with E-state index in [4.69, 9.17) is 16.0 Å². The molecule has 150 valence electrons. The van der Waals surface area contributed by atoms with E-state index in [-0.39, 0.29) is 30.3 Å². The van der Waals surface area contributed by atoms with Crippen molar-refractivity contribution < 1.29 is 22.8 Å². The van der Waals surface area contributed by atoms with Gasteiger partial charge in [0.05, 0.1) is 0 Å². The lowest BCUT2D eigenvalue weighted by Crippen LogP contribution is -2.50. The summed E-state index contributed by atoms with van der Waals surface area (Å²) in [6, 6.07) is 8.24. The quantitative estimate of drug-likeness (QED) is 0.624. The molecule has 0 spiro atoms. The smallest absolute Gasteiger partial charge is 0.290 e. The van der Waals surface area contributed by atoms with Gasteiger partial charge in [-0.1, -0.05) is 11.6 Å². The van der Waals surface area contributed by atoms with Gasteiger partial charge < -0.3 is 14.2 Å². The fourth-order valence-corrected chi connectivity index (χ4v) is 3.64. The van der Waals surface area contributed by atoms with Gasteiger partial charge in [-0.3, -0.25) is 9.59 Å². The Kier molecular flexibility index (Phi) is 5.00. The van der Waals surface area contributed by atoms with Gasteiger partial charge >= 0.3 is 0 Å². The van der Waals surface area contributed by atoms with Crippen LogP contribution in [0.15, 0.2) is 40.8 Å². The molecule has 1 aliphatic heterocycles. The van der Waals surface area contributed by atoms with Crippen LogP contribution in [0.2, 0.25) is 5.02 Å². The lowest BCUT2D eigenvalue weighted by atomic mass is 10.1. The zero-order chi connectivity index (χ0) is 20.7. The average Bonchev–Trinajstić information content (AvgIpc) is 3.05. The molecule has 5 nitrogen and oxygen atoms in total. The maximum absolute atomic E-state index is 13.4. The first kappa shape index (κ1) is 19.4. The van der Waals surface area contributed by atoms with Gasteiger partial charge in [0, 0.05) is 47.7 Å². The summed E-state index contributed by atoms with van der Waals surface area (Å²) in [7, 11) is 0. The second kappa shape index (κ2) is 7.48. The Morgan fingerprint density at radius 2 is 1.59 bits per heavy atom. The number of rotatable bonds is 2. The highest BCUT2D eigenvalue weighted by molar-refractivity contribution is 6.31. The van der Waals surface area contributed by atoms with Gasteiger partial charge in [-0.05, 0) is 43.3 Å². The SMILES string of the molecule is Cc1c(C(=O)N2CCN(C(=O)c3ccc(F)c(F)c3)CC2)oc2ccc(Cl)cc12. The monoisotopic (exact) mass is 418 g/mol. The van der Waals surface area contributed by atoms with E-state index < -0.39 is 17.5 Å². The predicted molar refractivity (Wildman–Crippen MR) is 104 cm³/mol. The Labute approximate surface area is 170 Å². The van der Waals surface area contributed by atoms with Crippen LogP contribution in [0.5, 0.6) is 0 Å². The molecule has 2 amide bonds. The summed E-state index contributed by atoms with van der Waals surface area (Å²) in [5.41, 5.74) is 1.38. The molecule has 4 rings (SSSR count). The van der Waals surface area contributed by atoms with Crippen molar-refractivity contribution in [2.24, 2.45) is 0 Å². The normalized spacial score (nSPS) is 14.5. The first-order valence-corrected chi connectivity index (χ1v) is 9.45. The number of nitrogens with zero attached hydrogens (tertiary/aromatic N) is 2. The number of hydrogen-bond acceptors (Lipinski definition) is 3. The Balaban J connectivity index is 1.47. The minimum absolute atomic E-state index is 0.0775. The maximum Gasteiger partial charge on any atom is 0.290 e. The topological polar surface area (TPSA) is 53.8 Å². The number of fused-ring (bicyclic) bond motifs is 1. The number of carbonyl (C=O) groups excluding carboxylic acids is 2. The van der Waals surface area contributed by atoms with E-state index in [1.807, 2.05) is 0 Å². The van der Waals surface area contributed by atoms with Gasteiger partial charge in [0.2, 0.25) is 0 Å². The van der Waals surface area contributed by atoms with E-state index >= 15 is 0 Å². The van der Waals surface area contributed by atoms with Crippen molar-refractivity contribution >= 4 is 34.4 Å². The van der Waals surface area contributed by atoms with Crippen LogP contribution >= 0.6 is 11.6 Å². The highest BCUT2D eigenvalue weighted by atomic mass is 35.5. The molecule has 0 radical (unpaired) electrons. The van der Waals surface area contributed by atoms with Crippen molar-refractivity contribution in [3.05, 3.63) is 69.9 Å². The molecule has 3 aromatic rings. The molecule has 0 saturated carbocycles. The third kappa shape index (κ3) is 3.58. The minimum atomic E-state index is -1.06. The molecular weight excluding hydrogens is 402 g/mol. The van der Waals surface area contributed by atoms with E-state index in [1.165, 1.54) is 11.0 Å². The van der Waals surface area contributed by atoms with Crippen molar-refractivity contribution in [3.63, 3.8) is 0 Å². The van der Waals surface area contributed by atoms with Crippen molar-refractivity contribution in [3.8, 4) is 0 Å². The molecule has 2 aromatic carbocycles. The summed E-state index contributed by atoms with van der Waals surface area (Å²) in [6.07, 6.45) is 0. The molecule has 1 aromatic heterocycles. The molecule has 0 bridgehead atoms. The van der Waals surface area contributed by atoms with Gasteiger partial charge in [-0.2, -0.15) is 0 Å². The van der Waals surface area contributed by atoms with Crippen LogP contribution in [0.4, 0.5) is 8.78 Å². The number of benzene rings is 2. The Bertz CT molecular complexity index is 1120. The fraction of sp³-hybridized carbons (Fsp3) is 0.238. The van der Waals surface area contributed by atoms with Crippen molar-refractivity contribution in [1.29, 1.82) is 0 Å². The lowest BCUT2D eigenvalue weighted by Gasteiger charge is -2.34. The first-order valence-electron chi connectivity index (χ1n) is 9.07. The molecule has 1 saturated heterocycles. The summed E-state index contributed by atoms with van der Waals surface area (Å²) in [5.74, 6) is -2.47. The number of hydrogen-bond donors (Lipinski definition) is 0. The summed E-state index contributed by atoms with van der Waals surface area (Å²) >= 11 is 6.02. The lowest BCUT2D eigenvalue weighted by molar-refractivity contribution is 0.0518. The van der Waals surface area contributed by atoms with Gasteiger partial charge in [0.25, 0.3) is 11.8 Å². The van der Waals surface area contributed by atoms with E-state index in [1.54, 1.807) is 30.0 Å². The van der Waals surface area contributed by atoms with Gasteiger partial charge in [-0.25, -0.2) is 8.78 Å². The van der Waals surface area contributed by atoms with Gasteiger partial charge in [-0.15, -0.1) is 0 Å². The van der Waals surface area contributed by atoms with Gasteiger partial charge in [0.1, 0.15) is 5.58 Å². The third-order valence-corrected chi connectivity index (χ3v) is 5.35. The van der Waals surface area contributed by atoms with Crippen LogP contribution < -0.4 is 0 Å². The van der Waals surface area contributed by atoms with Crippen LogP contribution in [-0.2, 0) is 0 Å². The number of furan rings is 1. The van der Waals surface area contributed by atoms with Crippen molar-refractivity contribution in [1.82, 2.24) is 9.80 Å². The Hall–Kier alpha value is -2.93. The number of amides is 2. The molecule has 0 N–H and O–H groups in total. The van der Waals surface area contributed by atoms with Crippen molar-refractivity contribution in [2.75, 3.05) is 26.2 Å². The summed E-state index contributed by atoms with van der Waals surface area (Å²) in [4.78, 5) is 28.6. The highest BCUT2D eigenvalue weighted by Gasteiger charge is 2.29. The van der Waals surface area contributed by atoms with Crippen LogP contribution in [0.3, 0.4) is 0 Å². The zero-order valence-electron chi connectivity index (χ0n) is 15.5. The van der Waals surface area contributed by atoms with E-state index in [0.29, 0.717) is 29.3 Å². The summed E-state index contributed by atoms with van der Waals surface area (Å²) < 4.78 is 32.2. The largest absolute Gasteiger partial charge is 0.451 e. The third-order valence-electron chi connectivity index (χ3n) is 5.11. The van der Waals surface area contributed by atoms with E-state index in [2.05, 4.69) is 0 Å². The van der Waals surface area contributed by atoms with Crippen LogP contribution in [0, 0.1) is 18.6 Å². The Morgan fingerprint density at radius 1 is 0.931 bits per heavy atom. The second-order valence-electron chi connectivity index (χ2n) is 6.91. The van der Waals surface area contributed by atoms with Crippen LogP contribution in [0.25, 0.3) is 11.0 Å². The number of halogens is 3. The zero-order valence-corrected chi connectivity index (χ0v) is 16.3. The molecule has 1 fully saturated rings. The predicted octanol–water partition coefficient (Wildman–Crippen LogP) is 4.27. The number of carbonyl (C=O) groups is 2. The minimum Gasteiger partial charge on any atom is -0.451 e. The molecule has 29 heavy (non-hydrogen) atoms. The fourth-order valence-electron chi connectivity index (χ4n) is 3.47. The number of aryl methyl sites for hydroxylation is 1. The average molecular weight is 419 g/mol. The molecule has 8 heteroatoms.